The number of carbonyl (C=O) groups is 1. The number of hydrogen-bond acceptors (Lipinski definition) is 2. The Labute approximate surface area is 95.9 Å². The van der Waals surface area contributed by atoms with Gasteiger partial charge in [-0.1, -0.05) is 30.3 Å². The third-order valence-electron chi connectivity index (χ3n) is 2.69. The average Bonchev–Trinajstić information content (AvgIpc) is 2.30. The zero-order valence-electron chi connectivity index (χ0n) is 9.32. The van der Waals surface area contributed by atoms with Crippen LogP contribution in [0.25, 0.3) is 0 Å². The first-order valence-electron chi connectivity index (χ1n) is 5.75. The molecule has 0 saturated heterocycles. The predicted molar refractivity (Wildman–Crippen MR) is 63.0 cm³/mol. The summed E-state index contributed by atoms with van der Waals surface area (Å²) in [6.07, 6.45) is 5.04. The number of hydrogen-bond donors (Lipinski definition) is 0. The van der Waals surface area contributed by atoms with E-state index in [4.69, 9.17) is 4.74 Å². The SMILES string of the molecule is O=C1C=C(OCCc2ccccc2)CCC1. The van der Waals surface area contributed by atoms with Crippen molar-refractivity contribution in [2.45, 2.75) is 25.7 Å². The molecule has 1 aliphatic rings. The van der Waals surface area contributed by atoms with Gasteiger partial charge in [-0.25, -0.2) is 0 Å². The van der Waals surface area contributed by atoms with Crippen molar-refractivity contribution >= 4 is 5.78 Å². The van der Waals surface area contributed by atoms with E-state index >= 15 is 0 Å². The van der Waals surface area contributed by atoms with E-state index in [-0.39, 0.29) is 5.78 Å². The molecule has 2 rings (SSSR count). The average molecular weight is 216 g/mol. The van der Waals surface area contributed by atoms with Crippen molar-refractivity contribution in [2.75, 3.05) is 6.61 Å². The highest BCUT2D eigenvalue weighted by molar-refractivity contribution is 5.90. The molecule has 2 nitrogen and oxygen atoms in total. The van der Waals surface area contributed by atoms with Crippen molar-refractivity contribution in [1.82, 2.24) is 0 Å². The molecule has 0 spiro atoms. The van der Waals surface area contributed by atoms with Gasteiger partial charge in [-0.3, -0.25) is 4.79 Å². The van der Waals surface area contributed by atoms with E-state index < -0.39 is 0 Å². The molecule has 1 aromatic carbocycles. The molecule has 0 fully saturated rings. The van der Waals surface area contributed by atoms with E-state index in [0.717, 1.165) is 25.0 Å². The summed E-state index contributed by atoms with van der Waals surface area (Å²) in [5.41, 5.74) is 1.27. The molecule has 0 amide bonds. The number of benzene rings is 1. The van der Waals surface area contributed by atoms with Crippen LogP contribution >= 0.6 is 0 Å². The summed E-state index contributed by atoms with van der Waals surface area (Å²) in [6, 6.07) is 10.2. The zero-order valence-corrected chi connectivity index (χ0v) is 9.32. The summed E-state index contributed by atoms with van der Waals surface area (Å²) >= 11 is 0. The van der Waals surface area contributed by atoms with Crippen LogP contribution in [0.4, 0.5) is 0 Å². The molecule has 0 bridgehead atoms. The first-order chi connectivity index (χ1) is 7.84. The van der Waals surface area contributed by atoms with Crippen molar-refractivity contribution in [3.8, 4) is 0 Å². The molecule has 1 aromatic rings. The van der Waals surface area contributed by atoms with Crippen molar-refractivity contribution in [2.24, 2.45) is 0 Å². The van der Waals surface area contributed by atoms with Gasteiger partial charge in [0.15, 0.2) is 5.78 Å². The van der Waals surface area contributed by atoms with Crippen LogP contribution < -0.4 is 0 Å². The molecule has 2 heteroatoms. The van der Waals surface area contributed by atoms with Crippen molar-refractivity contribution < 1.29 is 9.53 Å². The molecule has 84 valence electrons. The second-order valence-electron chi connectivity index (χ2n) is 4.01. The molecule has 0 saturated carbocycles. The lowest BCUT2D eigenvalue weighted by Gasteiger charge is -2.13. The van der Waals surface area contributed by atoms with Crippen LogP contribution in [-0.2, 0) is 16.0 Å². The second-order valence-corrected chi connectivity index (χ2v) is 4.01. The maximum Gasteiger partial charge on any atom is 0.159 e. The van der Waals surface area contributed by atoms with Crippen LogP contribution in [0.5, 0.6) is 0 Å². The minimum absolute atomic E-state index is 0.195. The molecule has 0 radical (unpaired) electrons. The largest absolute Gasteiger partial charge is 0.497 e. The van der Waals surface area contributed by atoms with Gasteiger partial charge in [-0.2, -0.15) is 0 Å². The fourth-order valence-corrected chi connectivity index (χ4v) is 1.82. The number of ether oxygens (including phenoxy) is 1. The van der Waals surface area contributed by atoms with Gasteiger partial charge in [0, 0.05) is 25.3 Å². The topological polar surface area (TPSA) is 26.3 Å². The van der Waals surface area contributed by atoms with Gasteiger partial charge in [0.25, 0.3) is 0 Å². The van der Waals surface area contributed by atoms with Crippen molar-refractivity contribution in [3.05, 3.63) is 47.7 Å². The van der Waals surface area contributed by atoms with E-state index in [1.165, 1.54) is 5.56 Å². The van der Waals surface area contributed by atoms with Crippen LogP contribution in [0.15, 0.2) is 42.2 Å². The lowest BCUT2D eigenvalue weighted by Crippen LogP contribution is -2.07. The maximum atomic E-state index is 11.2. The normalized spacial score (nSPS) is 15.8. The Morgan fingerprint density at radius 1 is 1.12 bits per heavy atom. The first-order valence-corrected chi connectivity index (χ1v) is 5.75. The molecule has 0 unspecified atom stereocenters. The third-order valence-corrected chi connectivity index (χ3v) is 2.69. The van der Waals surface area contributed by atoms with Gasteiger partial charge in [-0.15, -0.1) is 0 Å². The van der Waals surface area contributed by atoms with Gasteiger partial charge in [-0.05, 0) is 12.0 Å². The zero-order chi connectivity index (χ0) is 11.2. The van der Waals surface area contributed by atoms with E-state index in [1.54, 1.807) is 6.08 Å². The van der Waals surface area contributed by atoms with Gasteiger partial charge >= 0.3 is 0 Å². The fraction of sp³-hybridized carbons (Fsp3) is 0.357. The first kappa shape index (κ1) is 10.9. The van der Waals surface area contributed by atoms with Gasteiger partial charge in [0.2, 0.25) is 0 Å². The van der Waals surface area contributed by atoms with Crippen molar-refractivity contribution in [1.29, 1.82) is 0 Å². The van der Waals surface area contributed by atoms with E-state index in [1.807, 2.05) is 18.2 Å². The Balaban J connectivity index is 1.78. The van der Waals surface area contributed by atoms with Crippen molar-refractivity contribution in [3.63, 3.8) is 0 Å². The summed E-state index contributed by atoms with van der Waals surface area (Å²) in [4.78, 5) is 11.2. The van der Waals surface area contributed by atoms with Gasteiger partial charge in [0.05, 0.1) is 12.4 Å². The minimum Gasteiger partial charge on any atom is -0.497 e. The highest BCUT2D eigenvalue weighted by Crippen LogP contribution is 2.16. The molecule has 0 heterocycles. The molecule has 0 atom stereocenters. The van der Waals surface area contributed by atoms with Crippen LogP contribution in [0.1, 0.15) is 24.8 Å². The Morgan fingerprint density at radius 2 is 1.94 bits per heavy atom. The van der Waals surface area contributed by atoms with E-state index in [2.05, 4.69) is 12.1 Å². The number of rotatable bonds is 4. The lowest BCUT2D eigenvalue weighted by atomic mass is 10.1. The molecular weight excluding hydrogens is 200 g/mol. The van der Waals surface area contributed by atoms with Gasteiger partial charge < -0.3 is 4.74 Å². The van der Waals surface area contributed by atoms with Crippen LogP contribution in [-0.4, -0.2) is 12.4 Å². The molecule has 0 aliphatic heterocycles. The molecular formula is C14H16O2. The molecule has 1 aliphatic carbocycles. The van der Waals surface area contributed by atoms with Crippen LogP contribution in [0.2, 0.25) is 0 Å². The van der Waals surface area contributed by atoms with E-state index in [9.17, 15) is 4.79 Å². The summed E-state index contributed by atoms with van der Waals surface area (Å²) in [5, 5.41) is 0. The summed E-state index contributed by atoms with van der Waals surface area (Å²) < 4.78 is 5.60. The Kier molecular flexibility index (Phi) is 3.76. The quantitative estimate of drug-likeness (QED) is 0.773. The lowest BCUT2D eigenvalue weighted by molar-refractivity contribution is -0.115. The van der Waals surface area contributed by atoms with Gasteiger partial charge in [0.1, 0.15) is 0 Å². The monoisotopic (exact) mass is 216 g/mol. The van der Waals surface area contributed by atoms with Crippen LogP contribution in [0.3, 0.4) is 0 Å². The highest BCUT2D eigenvalue weighted by atomic mass is 16.5. The summed E-state index contributed by atoms with van der Waals surface area (Å²) in [5.74, 6) is 1.05. The van der Waals surface area contributed by atoms with E-state index in [0.29, 0.717) is 13.0 Å². The van der Waals surface area contributed by atoms with Crippen LogP contribution in [0, 0.1) is 0 Å². The fourth-order valence-electron chi connectivity index (χ4n) is 1.82. The molecule has 0 N–H and O–H groups in total. The predicted octanol–water partition coefficient (Wildman–Crippen LogP) is 2.88. The smallest absolute Gasteiger partial charge is 0.159 e. The summed E-state index contributed by atoms with van der Waals surface area (Å²) in [6.45, 7) is 0.656. The number of allylic oxidation sites excluding steroid dienone is 2. The molecule has 16 heavy (non-hydrogen) atoms. The Morgan fingerprint density at radius 3 is 2.69 bits per heavy atom. The molecule has 0 aromatic heterocycles. The Bertz CT molecular complexity index is 379. The third kappa shape index (κ3) is 3.23. The minimum atomic E-state index is 0.195. The number of carbonyl (C=O) groups excluding carboxylic acids is 1. The Hall–Kier alpha value is -1.57. The maximum absolute atomic E-state index is 11.2. The standard InChI is InChI=1S/C14H16O2/c15-13-7-4-8-14(11-13)16-10-9-12-5-2-1-3-6-12/h1-3,5-6,11H,4,7-10H2. The number of ketones is 1. The second kappa shape index (κ2) is 5.50. The highest BCUT2D eigenvalue weighted by Gasteiger charge is 2.10. The summed E-state index contributed by atoms with van der Waals surface area (Å²) in [7, 11) is 0.